The van der Waals surface area contributed by atoms with Crippen LogP contribution in [0.2, 0.25) is 0 Å². The third-order valence-electron chi connectivity index (χ3n) is 3.46. The highest BCUT2D eigenvalue weighted by atomic mass is 32.2. The van der Waals surface area contributed by atoms with Crippen molar-refractivity contribution in [2.24, 2.45) is 0 Å². The zero-order valence-corrected chi connectivity index (χ0v) is 14.2. The number of esters is 1. The first-order valence-electron chi connectivity index (χ1n) is 7.61. The third-order valence-corrected chi connectivity index (χ3v) is 4.96. The van der Waals surface area contributed by atoms with E-state index in [0.29, 0.717) is 5.56 Å². The average Bonchev–Trinajstić information content (AvgIpc) is 2.55. The molecule has 0 saturated heterocycles. The molecule has 0 bridgehead atoms. The van der Waals surface area contributed by atoms with Crippen LogP contribution in [-0.2, 0) is 19.4 Å². The van der Waals surface area contributed by atoms with Gasteiger partial charge in [-0.25, -0.2) is 8.42 Å². The van der Waals surface area contributed by atoms with E-state index in [4.69, 9.17) is 0 Å². The summed E-state index contributed by atoms with van der Waals surface area (Å²) in [6.45, 7) is 1.73. The Morgan fingerprint density at radius 2 is 1.62 bits per heavy atom. The molecule has 0 saturated carbocycles. The molecular weight excluding hydrogens is 328 g/mol. The van der Waals surface area contributed by atoms with Crippen molar-refractivity contribution in [2.45, 2.75) is 13.0 Å². The van der Waals surface area contributed by atoms with E-state index in [1.807, 2.05) is 42.5 Å². The molecular formula is C18H20O5S. The molecule has 0 spiro atoms. The molecule has 1 N–H and O–H groups in total. The van der Waals surface area contributed by atoms with Crippen LogP contribution in [0.1, 0.15) is 18.6 Å². The summed E-state index contributed by atoms with van der Waals surface area (Å²) >= 11 is 0. The predicted molar refractivity (Wildman–Crippen MR) is 92.1 cm³/mol. The Balaban J connectivity index is 2.05. The second-order valence-electron chi connectivity index (χ2n) is 5.36. The largest absolute Gasteiger partial charge is 0.465 e. The highest BCUT2D eigenvalue weighted by Crippen LogP contribution is 2.22. The number of hydrogen-bond donors (Lipinski definition) is 1. The first kappa shape index (κ1) is 18.2. The van der Waals surface area contributed by atoms with Gasteiger partial charge in [0.2, 0.25) is 0 Å². The first-order chi connectivity index (χ1) is 11.4. The fourth-order valence-corrected chi connectivity index (χ4v) is 3.54. The summed E-state index contributed by atoms with van der Waals surface area (Å²) in [5.41, 5.74) is 2.50. The van der Waals surface area contributed by atoms with E-state index < -0.39 is 33.4 Å². The first-order valence-corrected chi connectivity index (χ1v) is 9.43. The number of carbonyl (C=O) groups is 1. The molecule has 24 heavy (non-hydrogen) atoms. The van der Waals surface area contributed by atoms with Crippen LogP contribution in [-0.4, -0.2) is 37.6 Å². The molecule has 0 aliphatic rings. The van der Waals surface area contributed by atoms with Gasteiger partial charge in [0.1, 0.15) is 5.75 Å². The van der Waals surface area contributed by atoms with Crippen LogP contribution < -0.4 is 0 Å². The second-order valence-corrected chi connectivity index (χ2v) is 7.47. The summed E-state index contributed by atoms with van der Waals surface area (Å²) in [6.07, 6.45) is -1.19. The lowest BCUT2D eigenvalue weighted by molar-refractivity contribution is -0.139. The van der Waals surface area contributed by atoms with Gasteiger partial charge in [0, 0.05) is 0 Å². The highest BCUT2D eigenvalue weighted by molar-refractivity contribution is 7.92. The van der Waals surface area contributed by atoms with Gasteiger partial charge in [0.05, 0.1) is 18.5 Å². The van der Waals surface area contributed by atoms with E-state index in [0.717, 1.165) is 11.1 Å². The van der Waals surface area contributed by atoms with Crippen molar-refractivity contribution in [2.75, 3.05) is 18.1 Å². The number of rotatable bonds is 7. The molecule has 5 nitrogen and oxygen atoms in total. The second kappa shape index (κ2) is 8.08. The van der Waals surface area contributed by atoms with Crippen molar-refractivity contribution < 1.29 is 23.1 Å². The van der Waals surface area contributed by atoms with E-state index in [9.17, 15) is 18.3 Å². The molecule has 1 atom stereocenters. The topological polar surface area (TPSA) is 80.7 Å². The SMILES string of the molecule is CCOC(=O)CS(=O)(=O)C[C@@H](O)c1ccc(-c2ccccc2)cc1. The molecule has 0 heterocycles. The monoisotopic (exact) mass is 348 g/mol. The van der Waals surface area contributed by atoms with E-state index >= 15 is 0 Å². The fourth-order valence-electron chi connectivity index (χ4n) is 2.31. The Morgan fingerprint density at radius 3 is 2.21 bits per heavy atom. The van der Waals surface area contributed by atoms with E-state index in [2.05, 4.69) is 4.74 Å². The van der Waals surface area contributed by atoms with Crippen LogP contribution >= 0.6 is 0 Å². The predicted octanol–water partition coefficient (Wildman–Crippen LogP) is 2.36. The molecule has 0 aliphatic heterocycles. The van der Waals surface area contributed by atoms with Crippen LogP contribution in [0, 0.1) is 0 Å². The van der Waals surface area contributed by atoms with Crippen molar-refractivity contribution in [1.82, 2.24) is 0 Å². The van der Waals surface area contributed by atoms with Crippen molar-refractivity contribution in [3.05, 3.63) is 60.2 Å². The van der Waals surface area contributed by atoms with Gasteiger partial charge in [-0.15, -0.1) is 0 Å². The minimum atomic E-state index is -3.74. The zero-order chi connectivity index (χ0) is 17.6. The van der Waals surface area contributed by atoms with Crippen LogP contribution in [0.25, 0.3) is 11.1 Å². The minimum Gasteiger partial charge on any atom is -0.465 e. The van der Waals surface area contributed by atoms with Crippen molar-refractivity contribution in [3.8, 4) is 11.1 Å². The van der Waals surface area contributed by atoms with Crippen molar-refractivity contribution in [1.29, 1.82) is 0 Å². The molecule has 2 aromatic carbocycles. The van der Waals surface area contributed by atoms with Gasteiger partial charge in [-0.2, -0.15) is 0 Å². The summed E-state index contributed by atoms with van der Waals surface area (Å²) in [6, 6.07) is 16.7. The summed E-state index contributed by atoms with van der Waals surface area (Å²) in [7, 11) is -3.74. The highest BCUT2D eigenvalue weighted by Gasteiger charge is 2.22. The molecule has 0 fully saturated rings. The summed E-state index contributed by atoms with van der Waals surface area (Å²) < 4.78 is 28.5. The maximum atomic E-state index is 11.9. The van der Waals surface area contributed by atoms with Gasteiger partial charge in [0.25, 0.3) is 0 Å². The number of sulfone groups is 1. The van der Waals surface area contributed by atoms with Crippen LogP contribution in [0.5, 0.6) is 0 Å². The van der Waals surface area contributed by atoms with Crippen LogP contribution in [0.15, 0.2) is 54.6 Å². The van der Waals surface area contributed by atoms with E-state index in [1.165, 1.54) is 0 Å². The number of ether oxygens (including phenoxy) is 1. The van der Waals surface area contributed by atoms with Crippen molar-refractivity contribution >= 4 is 15.8 Å². The lowest BCUT2D eigenvalue weighted by Gasteiger charge is -2.12. The van der Waals surface area contributed by atoms with E-state index in [-0.39, 0.29) is 6.61 Å². The van der Waals surface area contributed by atoms with E-state index in [1.54, 1.807) is 19.1 Å². The third kappa shape index (κ3) is 5.18. The molecule has 128 valence electrons. The van der Waals surface area contributed by atoms with Crippen molar-refractivity contribution in [3.63, 3.8) is 0 Å². The Hall–Kier alpha value is -2.18. The number of carbonyl (C=O) groups excluding carboxylic acids is 1. The standard InChI is InChI=1S/C18H20O5S/c1-2-23-18(20)13-24(21,22)12-17(19)16-10-8-15(9-11-16)14-6-4-3-5-7-14/h3-11,17,19H,2,12-13H2,1H3/t17-/m1/s1. The van der Waals surface area contributed by atoms with Crippen LogP contribution in [0.3, 0.4) is 0 Å². The fraction of sp³-hybridized carbons (Fsp3) is 0.278. The molecule has 2 rings (SSSR count). The smallest absolute Gasteiger partial charge is 0.321 e. The molecule has 0 aromatic heterocycles. The van der Waals surface area contributed by atoms with Gasteiger partial charge < -0.3 is 9.84 Å². The summed E-state index contributed by atoms with van der Waals surface area (Å²) in [4.78, 5) is 11.3. The van der Waals surface area contributed by atoms with Gasteiger partial charge >= 0.3 is 5.97 Å². The lowest BCUT2D eigenvalue weighted by Crippen LogP contribution is -2.24. The van der Waals surface area contributed by atoms with Gasteiger partial charge in [-0.05, 0) is 23.6 Å². The molecule has 0 unspecified atom stereocenters. The molecule has 2 aromatic rings. The summed E-state index contributed by atoms with van der Waals surface area (Å²) in [5.74, 6) is -2.04. The van der Waals surface area contributed by atoms with Gasteiger partial charge in [-0.3, -0.25) is 4.79 Å². The van der Waals surface area contributed by atoms with Gasteiger partial charge in [-0.1, -0.05) is 54.6 Å². The molecule has 0 aliphatic carbocycles. The maximum Gasteiger partial charge on any atom is 0.321 e. The molecule has 0 amide bonds. The minimum absolute atomic E-state index is 0.123. The average molecular weight is 348 g/mol. The molecule has 0 radical (unpaired) electrons. The molecule has 6 heteroatoms. The van der Waals surface area contributed by atoms with Gasteiger partial charge in [0.15, 0.2) is 9.84 Å². The lowest BCUT2D eigenvalue weighted by atomic mass is 10.0. The Kier molecular flexibility index (Phi) is 6.11. The number of benzene rings is 2. The zero-order valence-electron chi connectivity index (χ0n) is 13.4. The Morgan fingerprint density at radius 1 is 1.04 bits per heavy atom. The maximum absolute atomic E-state index is 11.9. The number of hydrogen-bond acceptors (Lipinski definition) is 5. The quantitative estimate of drug-likeness (QED) is 0.777. The van der Waals surface area contributed by atoms with Crippen LogP contribution in [0.4, 0.5) is 0 Å². The normalized spacial score (nSPS) is 12.6. The number of aliphatic hydroxyl groups is 1. The Labute approximate surface area is 141 Å². The summed E-state index contributed by atoms with van der Waals surface area (Å²) in [5, 5.41) is 10.1. The number of aliphatic hydroxyl groups excluding tert-OH is 1. The Bertz CT molecular complexity index is 767.